The summed E-state index contributed by atoms with van der Waals surface area (Å²) in [7, 11) is 1.52. The summed E-state index contributed by atoms with van der Waals surface area (Å²) in [5, 5.41) is 0. The molecule has 0 atom stereocenters. The van der Waals surface area contributed by atoms with Gasteiger partial charge in [-0.25, -0.2) is 4.99 Å². The smallest absolute Gasteiger partial charge is 0.150 e. The van der Waals surface area contributed by atoms with E-state index in [0.29, 0.717) is 17.0 Å². The van der Waals surface area contributed by atoms with Crippen molar-refractivity contribution in [3.63, 3.8) is 0 Å². The number of benzene rings is 1. The van der Waals surface area contributed by atoms with Gasteiger partial charge in [0.2, 0.25) is 0 Å². The predicted molar refractivity (Wildman–Crippen MR) is 60.4 cm³/mol. The molecule has 0 aromatic heterocycles. The molecule has 1 aromatic carbocycles. The molecule has 2 N–H and O–H groups in total. The monoisotopic (exact) mass is 226 g/mol. The molecule has 80 valence electrons. The van der Waals surface area contributed by atoms with Crippen LogP contribution in [-0.4, -0.2) is 25.1 Å². The van der Waals surface area contributed by atoms with Crippen LogP contribution in [0.25, 0.3) is 0 Å². The molecule has 0 radical (unpaired) electrons. The maximum absolute atomic E-state index is 10.6. The van der Waals surface area contributed by atoms with E-state index in [1.807, 2.05) is 0 Å². The van der Waals surface area contributed by atoms with Crippen molar-refractivity contribution in [2.75, 3.05) is 13.0 Å². The summed E-state index contributed by atoms with van der Waals surface area (Å²) in [4.78, 5) is 14.6. The second-order valence-corrected chi connectivity index (χ2v) is 3.05. The first-order valence-corrected chi connectivity index (χ1v) is 4.77. The van der Waals surface area contributed by atoms with Gasteiger partial charge in [0, 0.05) is 5.56 Å². The van der Waals surface area contributed by atoms with Gasteiger partial charge in [-0.05, 0) is 18.2 Å². The topological polar surface area (TPSA) is 64.7 Å². The fourth-order valence-corrected chi connectivity index (χ4v) is 1.11. The molecule has 0 spiro atoms. The SMILES string of the molecule is COc1ccc(C=O)cc1N=C(N)CCl. The zero-order valence-electron chi connectivity index (χ0n) is 8.24. The molecule has 0 aliphatic heterocycles. The Morgan fingerprint density at radius 2 is 2.40 bits per heavy atom. The number of nitrogens with zero attached hydrogens (tertiary/aromatic N) is 1. The molecule has 0 bridgehead atoms. The van der Waals surface area contributed by atoms with Crippen molar-refractivity contribution in [2.24, 2.45) is 10.7 Å². The number of ether oxygens (including phenoxy) is 1. The molecule has 15 heavy (non-hydrogen) atoms. The summed E-state index contributed by atoms with van der Waals surface area (Å²) >= 11 is 5.50. The second kappa shape index (κ2) is 5.36. The van der Waals surface area contributed by atoms with Crippen LogP contribution in [-0.2, 0) is 0 Å². The molecule has 0 unspecified atom stereocenters. The highest BCUT2D eigenvalue weighted by Crippen LogP contribution is 2.27. The predicted octanol–water partition coefficient (Wildman–Crippen LogP) is 1.74. The highest BCUT2D eigenvalue weighted by atomic mass is 35.5. The van der Waals surface area contributed by atoms with Gasteiger partial charge in [0.1, 0.15) is 23.6 Å². The van der Waals surface area contributed by atoms with Gasteiger partial charge < -0.3 is 10.5 Å². The van der Waals surface area contributed by atoms with Crippen molar-refractivity contribution in [1.29, 1.82) is 0 Å². The van der Waals surface area contributed by atoms with E-state index in [0.717, 1.165) is 6.29 Å². The number of nitrogens with two attached hydrogens (primary N) is 1. The van der Waals surface area contributed by atoms with Crippen LogP contribution >= 0.6 is 11.6 Å². The Hall–Kier alpha value is -1.55. The van der Waals surface area contributed by atoms with Crippen LogP contribution < -0.4 is 10.5 Å². The lowest BCUT2D eigenvalue weighted by Crippen LogP contribution is -2.12. The van der Waals surface area contributed by atoms with E-state index in [1.165, 1.54) is 7.11 Å². The fraction of sp³-hybridized carbons (Fsp3) is 0.200. The minimum absolute atomic E-state index is 0.133. The minimum atomic E-state index is 0.133. The second-order valence-electron chi connectivity index (χ2n) is 2.79. The third-order valence-corrected chi connectivity index (χ3v) is 2.01. The van der Waals surface area contributed by atoms with Gasteiger partial charge in [-0.3, -0.25) is 4.79 Å². The van der Waals surface area contributed by atoms with Crippen LogP contribution in [0, 0.1) is 0 Å². The number of alkyl halides is 1. The number of hydrogen-bond donors (Lipinski definition) is 1. The molecule has 0 aliphatic carbocycles. The van der Waals surface area contributed by atoms with Gasteiger partial charge >= 0.3 is 0 Å². The highest BCUT2D eigenvalue weighted by molar-refractivity contribution is 6.28. The van der Waals surface area contributed by atoms with Gasteiger partial charge in [0.25, 0.3) is 0 Å². The fourth-order valence-electron chi connectivity index (χ4n) is 1.05. The molecule has 0 heterocycles. The van der Waals surface area contributed by atoms with E-state index < -0.39 is 0 Å². The van der Waals surface area contributed by atoms with Crippen LogP contribution in [0.3, 0.4) is 0 Å². The standard InChI is InChI=1S/C10H11ClN2O2/c1-15-9-3-2-7(6-14)4-8(9)13-10(12)5-11/h2-4,6H,5H2,1H3,(H2,12,13). The van der Waals surface area contributed by atoms with Crippen molar-refractivity contribution in [2.45, 2.75) is 0 Å². The first kappa shape index (κ1) is 11.5. The molecular weight excluding hydrogens is 216 g/mol. The lowest BCUT2D eigenvalue weighted by Gasteiger charge is -2.05. The Morgan fingerprint density at radius 1 is 1.67 bits per heavy atom. The number of carbonyl (C=O) groups excluding carboxylic acids is 1. The molecule has 0 saturated heterocycles. The zero-order valence-corrected chi connectivity index (χ0v) is 8.99. The van der Waals surface area contributed by atoms with Gasteiger partial charge in [0.05, 0.1) is 13.0 Å². The Kier molecular flexibility index (Phi) is 4.12. The molecule has 4 nitrogen and oxygen atoms in total. The van der Waals surface area contributed by atoms with Crippen molar-refractivity contribution >= 4 is 29.4 Å². The molecule has 1 aromatic rings. The number of carbonyl (C=O) groups is 1. The normalized spacial score (nSPS) is 11.2. The molecule has 0 fully saturated rings. The first-order valence-electron chi connectivity index (χ1n) is 4.23. The summed E-state index contributed by atoms with van der Waals surface area (Å²) in [6.07, 6.45) is 0.731. The largest absolute Gasteiger partial charge is 0.494 e. The van der Waals surface area contributed by atoms with Gasteiger partial charge in [-0.2, -0.15) is 0 Å². The summed E-state index contributed by atoms with van der Waals surface area (Å²) < 4.78 is 5.07. The van der Waals surface area contributed by atoms with E-state index in [-0.39, 0.29) is 11.7 Å². The average molecular weight is 227 g/mol. The molecule has 1 rings (SSSR count). The van der Waals surface area contributed by atoms with Crippen LogP contribution in [0.4, 0.5) is 5.69 Å². The van der Waals surface area contributed by atoms with Gasteiger partial charge in [-0.15, -0.1) is 11.6 Å². The van der Waals surface area contributed by atoms with Crippen molar-refractivity contribution in [3.05, 3.63) is 23.8 Å². The minimum Gasteiger partial charge on any atom is -0.494 e. The quantitative estimate of drug-likeness (QED) is 0.368. The molecule has 0 aliphatic rings. The van der Waals surface area contributed by atoms with Crippen LogP contribution in [0.1, 0.15) is 10.4 Å². The maximum atomic E-state index is 10.6. The first-order chi connectivity index (χ1) is 7.21. The maximum Gasteiger partial charge on any atom is 0.150 e. The van der Waals surface area contributed by atoms with Crippen LogP contribution in [0.2, 0.25) is 0 Å². The van der Waals surface area contributed by atoms with E-state index in [1.54, 1.807) is 18.2 Å². The Bertz CT molecular complexity index is 391. The van der Waals surface area contributed by atoms with Crippen LogP contribution in [0.5, 0.6) is 5.75 Å². The van der Waals surface area contributed by atoms with Crippen molar-refractivity contribution < 1.29 is 9.53 Å². The lowest BCUT2D eigenvalue weighted by molar-refractivity contribution is 0.112. The molecule has 0 saturated carbocycles. The highest BCUT2D eigenvalue weighted by Gasteiger charge is 2.03. The Morgan fingerprint density at radius 3 is 2.93 bits per heavy atom. The summed E-state index contributed by atoms with van der Waals surface area (Å²) in [5.74, 6) is 0.959. The number of aldehydes is 1. The Balaban J connectivity index is 3.17. The third-order valence-electron chi connectivity index (χ3n) is 1.74. The molecule has 0 amide bonds. The van der Waals surface area contributed by atoms with E-state index in [2.05, 4.69) is 4.99 Å². The van der Waals surface area contributed by atoms with E-state index in [9.17, 15) is 4.79 Å². The van der Waals surface area contributed by atoms with E-state index >= 15 is 0 Å². The number of amidine groups is 1. The lowest BCUT2D eigenvalue weighted by atomic mass is 10.2. The number of hydrogen-bond acceptors (Lipinski definition) is 3. The number of aliphatic imine (C=N–C) groups is 1. The summed E-state index contributed by atoms with van der Waals surface area (Å²) in [6, 6.07) is 4.89. The molecule has 5 heteroatoms. The van der Waals surface area contributed by atoms with Gasteiger partial charge in [0.15, 0.2) is 0 Å². The number of methoxy groups -OCH3 is 1. The van der Waals surface area contributed by atoms with Crippen molar-refractivity contribution in [3.8, 4) is 5.75 Å². The Labute approximate surface area is 92.7 Å². The molecular formula is C10H11ClN2O2. The number of rotatable bonds is 4. The summed E-state index contributed by atoms with van der Waals surface area (Å²) in [5.41, 5.74) is 6.51. The van der Waals surface area contributed by atoms with E-state index in [4.69, 9.17) is 22.1 Å². The van der Waals surface area contributed by atoms with Gasteiger partial charge in [-0.1, -0.05) is 0 Å². The average Bonchev–Trinajstić information content (AvgIpc) is 2.28. The summed E-state index contributed by atoms with van der Waals surface area (Å²) in [6.45, 7) is 0. The number of halogens is 1. The third kappa shape index (κ3) is 2.95. The van der Waals surface area contributed by atoms with Crippen LogP contribution in [0.15, 0.2) is 23.2 Å². The van der Waals surface area contributed by atoms with Crippen molar-refractivity contribution in [1.82, 2.24) is 0 Å². The zero-order chi connectivity index (χ0) is 11.3.